The largest absolute Gasteiger partial charge is 0.246 e. The summed E-state index contributed by atoms with van der Waals surface area (Å²) in [6, 6.07) is 9.78. The Labute approximate surface area is 143 Å². The zero-order valence-corrected chi connectivity index (χ0v) is 14.5. The predicted octanol–water partition coefficient (Wildman–Crippen LogP) is 3.22. The lowest BCUT2D eigenvalue weighted by molar-refractivity contribution is 0.288. The molecule has 0 N–H and O–H groups in total. The van der Waals surface area contributed by atoms with Gasteiger partial charge in [-0.05, 0) is 43.7 Å². The minimum Gasteiger partial charge on any atom is -0.240 e. The molecule has 4 rings (SSSR count). The molecule has 2 fully saturated rings. The number of para-hydroxylation sites is 1. The van der Waals surface area contributed by atoms with Crippen molar-refractivity contribution in [3.8, 4) is 5.69 Å². The third-order valence-corrected chi connectivity index (χ3v) is 7.26. The maximum atomic E-state index is 13.1. The number of sulfonamides is 1. The molecule has 0 bridgehead atoms. The van der Waals surface area contributed by atoms with E-state index in [1.807, 2.05) is 30.3 Å². The second kappa shape index (κ2) is 6.33. The molecule has 2 aliphatic rings. The molecule has 1 aromatic heterocycles. The van der Waals surface area contributed by atoms with E-state index in [4.69, 9.17) is 0 Å². The van der Waals surface area contributed by atoms with Gasteiger partial charge in [-0.15, -0.1) is 0 Å². The number of nitrogens with zero attached hydrogens (tertiary/aromatic N) is 3. The predicted molar refractivity (Wildman–Crippen MR) is 92.4 cm³/mol. The van der Waals surface area contributed by atoms with E-state index >= 15 is 0 Å². The van der Waals surface area contributed by atoms with E-state index in [0.29, 0.717) is 17.4 Å². The van der Waals surface area contributed by atoms with Gasteiger partial charge in [0.1, 0.15) is 4.90 Å². The van der Waals surface area contributed by atoms with Gasteiger partial charge in [0, 0.05) is 12.6 Å². The summed E-state index contributed by atoms with van der Waals surface area (Å²) < 4.78 is 29.6. The number of hydrogen-bond acceptors (Lipinski definition) is 3. The van der Waals surface area contributed by atoms with Crippen LogP contribution >= 0.6 is 0 Å². The van der Waals surface area contributed by atoms with Crippen molar-refractivity contribution in [3.05, 3.63) is 42.7 Å². The Balaban J connectivity index is 1.62. The first-order valence-corrected chi connectivity index (χ1v) is 10.2. The normalized spacial score (nSPS) is 23.1. The fourth-order valence-electron chi connectivity index (χ4n) is 4.17. The van der Waals surface area contributed by atoms with Crippen LogP contribution in [0.2, 0.25) is 0 Å². The number of benzene rings is 1. The Morgan fingerprint density at radius 1 is 1.00 bits per heavy atom. The Hall–Kier alpha value is -1.66. The van der Waals surface area contributed by atoms with Crippen LogP contribution in [0.3, 0.4) is 0 Å². The summed E-state index contributed by atoms with van der Waals surface area (Å²) in [5, 5.41) is 4.26. The molecule has 0 radical (unpaired) electrons. The highest BCUT2D eigenvalue weighted by atomic mass is 32.2. The van der Waals surface area contributed by atoms with E-state index in [0.717, 1.165) is 18.5 Å². The van der Waals surface area contributed by atoms with Crippen molar-refractivity contribution in [1.29, 1.82) is 0 Å². The lowest BCUT2D eigenvalue weighted by Gasteiger charge is -2.28. The van der Waals surface area contributed by atoms with E-state index in [-0.39, 0.29) is 6.04 Å². The summed E-state index contributed by atoms with van der Waals surface area (Å²) in [5.41, 5.74) is 0.868. The molecule has 0 spiro atoms. The van der Waals surface area contributed by atoms with Crippen LogP contribution in [0.1, 0.15) is 38.5 Å². The smallest absolute Gasteiger partial charge is 0.240 e. The van der Waals surface area contributed by atoms with Crippen molar-refractivity contribution in [3.63, 3.8) is 0 Å². The average molecular weight is 345 g/mol. The van der Waals surface area contributed by atoms with Crippen molar-refractivity contribution in [1.82, 2.24) is 14.1 Å². The topological polar surface area (TPSA) is 55.2 Å². The molecule has 0 unspecified atom stereocenters. The fraction of sp³-hybridized carbons (Fsp3) is 0.500. The monoisotopic (exact) mass is 345 g/mol. The molecule has 1 aliphatic heterocycles. The van der Waals surface area contributed by atoms with E-state index in [1.165, 1.54) is 31.9 Å². The fourth-order valence-corrected chi connectivity index (χ4v) is 5.86. The highest BCUT2D eigenvalue weighted by Gasteiger charge is 2.40. The summed E-state index contributed by atoms with van der Waals surface area (Å²) in [6.45, 7) is 0.639. The molecule has 2 aromatic rings. The van der Waals surface area contributed by atoms with Gasteiger partial charge in [0.25, 0.3) is 0 Å². The SMILES string of the molecule is O=S(=O)(c1cnn(-c2ccccc2)c1)N1CCC[C@@H]1C1CCCC1. The van der Waals surface area contributed by atoms with Crippen molar-refractivity contribution < 1.29 is 8.42 Å². The van der Waals surface area contributed by atoms with Crippen LogP contribution in [0.4, 0.5) is 0 Å². The van der Waals surface area contributed by atoms with Crippen LogP contribution in [0.5, 0.6) is 0 Å². The second-order valence-electron chi connectivity index (χ2n) is 6.83. The van der Waals surface area contributed by atoms with Gasteiger partial charge in [0.05, 0.1) is 18.1 Å². The molecule has 128 valence electrons. The summed E-state index contributed by atoms with van der Waals surface area (Å²) in [7, 11) is -3.46. The first-order chi connectivity index (χ1) is 11.7. The summed E-state index contributed by atoms with van der Waals surface area (Å²) in [5.74, 6) is 0.534. The zero-order valence-electron chi connectivity index (χ0n) is 13.7. The average Bonchev–Trinajstić information content (AvgIpc) is 3.35. The second-order valence-corrected chi connectivity index (χ2v) is 8.72. The van der Waals surface area contributed by atoms with Crippen LogP contribution in [-0.4, -0.2) is 35.1 Å². The standard InChI is InChI=1S/C18H23N3O2S/c22-24(23,21-12-6-11-18(21)15-7-4-5-8-15)17-13-19-20(14-17)16-9-2-1-3-10-16/h1-3,9-10,13-15,18H,4-8,11-12H2/t18-/m1/s1. The molecule has 1 saturated carbocycles. The molecule has 24 heavy (non-hydrogen) atoms. The zero-order chi connectivity index (χ0) is 16.6. The molecule has 1 aliphatic carbocycles. The van der Waals surface area contributed by atoms with Crippen LogP contribution < -0.4 is 0 Å². The molecule has 1 aromatic carbocycles. The minimum atomic E-state index is -3.46. The van der Waals surface area contributed by atoms with E-state index in [1.54, 1.807) is 15.2 Å². The highest BCUT2D eigenvalue weighted by molar-refractivity contribution is 7.89. The summed E-state index contributed by atoms with van der Waals surface area (Å²) >= 11 is 0. The van der Waals surface area contributed by atoms with Crippen molar-refractivity contribution in [2.75, 3.05) is 6.54 Å². The number of hydrogen-bond donors (Lipinski definition) is 0. The van der Waals surface area contributed by atoms with Gasteiger partial charge < -0.3 is 0 Å². The maximum Gasteiger partial charge on any atom is 0.246 e. The van der Waals surface area contributed by atoms with Crippen molar-refractivity contribution in [2.45, 2.75) is 49.5 Å². The quantitative estimate of drug-likeness (QED) is 0.855. The molecule has 1 atom stereocenters. The van der Waals surface area contributed by atoms with Gasteiger partial charge in [-0.2, -0.15) is 9.40 Å². The minimum absolute atomic E-state index is 0.178. The Kier molecular flexibility index (Phi) is 4.18. The Bertz CT molecular complexity index is 795. The Morgan fingerprint density at radius 2 is 1.75 bits per heavy atom. The maximum absolute atomic E-state index is 13.1. The molecule has 2 heterocycles. The molecule has 1 saturated heterocycles. The Morgan fingerprint density at radius 3 is 2.50 bits per heavy atom. The molecule has 0 amide bonds. The summed E-state index contributed by atoms with van der Waals surface area (Å²) in [6.07, 6.45) is 9.88. The summed E-state index contributed by atoms with van der Waals surface area (Å²) in [4.78, 5) is 0.302. The van der Waals surface area contributed by atoms with Crippen LogP contribution in [0.15, 0.2) is 47.6 Å². The third kappa shape index (κ3) is 2.78. The van der Waals surface area contributed by atoms with Crippen molar-refractivity contribution in [2.24, 2.45) is 5.92 Å². The number of aromatic nitrogens is 2. The van der Waals surface area contributed by atoms with Crippen LogP contribution in [0.25, 0.3) is 5.69 Å². The van der Waals surface area contributed by atoms with Gasteiger partial charge in [0.15, 0.2) is 0 Å². The van der Waals surface area contributed by atoms with E-state index in [2.05, 4.69) is 5.10 Å². The van der Waals surface area contributed by atoms with Gasteiger partial charge in [-0.1, -0.05) is 31.0 Å². The van der Waals surface area contributed by atoms with Gasteiger partial charge in [-0.25, -0.2) is 13.1 Å². The first-order valence-electron chi connectivity index (χ1n) is 8.78. The first kappa shape index (κ1) is 15.8. The van der Waals surface area contributed by atoms with Gasteiger partial charge in [-0.3, -0.25) is 0 Å². The van der Waals surface area contributed by atoms with Crippen molar-refractivity contribution >= 4 is 10.0 Å². The molecule has 5 nitrogen and oxygen atoms in total. The number of rotatable bonds is 4. The van der Waals surface area contributed by atoms with Crippen LogP contribution in [0, 0.1) is 5.92 Å². The third-order valence-electron chi connectivity index (χ3n) is 5.38. The van der Waals surface area contributed by atoms with Crippen LogP contribution in [-0.2, 0) is 10.0 Å². The van der Waals surface area contributed by atoms with Gasteiger partial charge >= 0.3 is 0 Å². The highest BCUT2D eigenvalue weighted by Crippen LogP contribution is 2.38. The van der Waals surface area contributed by atoms with E-state index < -0.39 is 10.0 Å². The molecular formula is C18H23N3O2S. The lowest BCUT2D eigenvalue weighted by Crippen LogP contribution is -2.39. The molecular weight excluding hydrogens is 322 g/mol. The molecule has 6 heteroatoms. The van der Waals surface area contributed by atoms with Gasteiger partial charge in [0.2, 0.25) is 10.0 Å². The lowest BCUT2D eigenvalue weighted by atomic mass is 9.97. The van der Waals surface area contributed by atoms with E-state index in [9.17, 15) is 8.42 Å².